The average Bonchev–Trinajstić information content (AvgIpc) is 2.39. The molecule has 2 heterocycles. The van der Waals surface area contributed by atoms with Gasteiger partial charge in [0.05, 0.1) is 5.69 Å². The molecule has 0 unspecified atom stereocenters. The van der Waals surface area contributed by atoms with Gasteiger partial charge in [0.2, 0.25) is 0 Å². The lowest BCUT2D eigenvalue weighted by Crippen LogP contribution is -2.16. The molecule has 1 aromatic rings. The molecule has 0 saturated carbocycles. The fourth-order valence-corrected chi connectivity index (χ4v) is 1.78. The molecule has 1 aromatic heterocycles. The van der Waals surface area contributed by atoms with Crippen LogP contribution in [0.1, 0.15) is 24.5 Å². The van der Waals surface area contributed by atoms with Gasteiger partial charge in [0.15, 0.2) is 12.0 Å². The van der Waals surface area contributed by atoms with Crippen molar-refractivity contribution in [2.45, 2.75) is 18.8 Å². The third-order valence-electron chi connectivity index (χ3n) is 2.80. The summed E-state index contributed by atoms with van der Waals surface area (Å²) in [5.41, 5.74) is 0.999. The molecule has 5 nitrogen and oxygen atoms in total. The lowest BCUT2D eigenvalue weighted by atomic mass is 9.96. The quantitative estimate of drug-likeness (QED) is 0.553. The molecule has 1 aliphatic rings. The van der Waals surface area contributed by atoms with Crippen molar-refractivity contribution in [2.24, 2.45) is 0 Å². The van der Waals surface area contributed by atoms with Crippen molar-refractivity contribution in [3.8, 4) is 6.19 Å². The van der Waals surface area contributed by atoms with E-state index in [1.807, 2.05) is 18.3 Å². The predicted octanol–water partition coefficient (Wildman–Crippen LogP) is 1.29. The highest BCUT2D eigenvalue weighted by atomic mass is 16.5. The van der Waals surface area contributed by atoms with E-state index in [2.05, 4.69) is 10.2 Å². The van der Waals surface area contributed by atoms with Crippen LogP contribution in [0.4, 0.5) is 5.82 Å². The van der Waals surface area contributed by atoms with Crippen molar-refractivity contribution in [1.82, 2.24) is 10.2 Å². The molecule has 5 heteroatoms. The molecule has 1 aliphatic heterocycles. The highest BCUT2D eigenvalue weighted by Gasteiger charge is 2.17. The Bertz CT molecular complexity index is 378. The Morgan fingerprint density at radius 1 is 1.38 bits per heavy atom. The van der Waals surface area contributed by atoms with Crippen LogP contribution in [0.25, 0.3) is 0 Å². The van der Waals surface area contributed by atoms with Gasteiger partial charge >= 0.3 is 0 Å². The Morgan fingerprint density at radius 2 is 2.12 bits per heavy atom. The maximum atomic E-state index is 8.70. The molecule has 84 valence electrons. The minimum atomic E-state index is 0.447. The van der Waals surface area contributed by atoms with Crippen LogP contribution in [0.15, 0.2) is 12.1 Å². The molecular weight excluding hydrogens is 204 g/mol. The second-order valence-corrected chi connectivity index (χ2v) is 3.86. The molecule has 0 N–H and O–H groups in total. The Balaban J connectivity index is 2.09. The molecule has 1 saturated heterocycles. The fraction of sp³-hybridized carbons (Fsp3) is 0.545. The number of hydrogen-bond acceptors (Lipinski definition) is 5. The van der Waals surface area contributed by atoms with Gasteiger partial charge in [0.1, 0.15) is 0 Å². The van der Waals surface area contributed by atoms with E-state index >= 15 is 0 Å². The Morgan fingerprint density at radius 3 is 2.69 bits per heavy atom. The number of nitriles is 1. The predicted molar refractivity (Wildman–Crippen MR) is 58.8 cm³/mol. The number of aromatic nitrogens is 2. The maximum absolute atomic E-state index is 8.70. The van der Waals surface area contributed by atoms with Crippen LogP contribution in [0.5, 0.6) is 0 Å². The smallest absolute Gasteiger partial charge is 0.185 e. The van der Waals surface area contributed by atoms with E-state index in [1.165, 1.54) is 4.90 Å². The topological polar surface area (TPSA) is 62.0 Å². The van der Waals surface area contributed by atoms with Crippen LogP contribution in [-0.4, -0.2) is 30.5 Å². The monoisotopic (exact) mass is 218 g/mol. The molecule has 1 fully saturated rings. The Hall–Kier alpha value is -1.67. The summed E-state index contributed by atoms with van der Waals surface area (Å²) >= 11 is 0. The number of ether oxygens (including phenoxy) is 1. The van der Waals surface area contributed by atoms with Crippen molar-refractivity contribution in [1.29, 1.82) is 5.26 Å². The maximum Gasteiger partial charge on any atom is 0.185 e. The highest BCUT2D eigenvalue weighted by Crippen LogP contribution is 2.25. The largest absolute Gasteiger partial charge is 0.381 e. The van der Waals surface area contributed by atoms with E-state index in [4.69, 9.17) is 10.00 Å². The first-order valence-corrected chi connectivity index (χ1v) is 5.36. The van der Waals surface area contributed by atoms with E-state index in [-0.39, 0.29) is 0 Å². The van der Waals surface area contributed by atoms with E-state index in [0.717, 1.165) is 31.7 Å². The molecule has 0 atom stereocenters. The molecule has 2 rings (SSSR count). The van der Waals surface area contributed by atoms with E-state index in [9.17, 15) is 0 Å². The van der Waals surface area contributed by atoms with Gasteiger partial charge in [-0.2, -0.15) is 10.4 Å². The minimum absolute atomic E-state index is 0.447. The third kappa shape index (κ3) is 2.28. The molecule has 0 aliphatic carbocycles. The van der Waals surface area contributed by atoms with Gasteiger partial charge < -0.3 is 4.74 Å². The first-order chi connectivity index (χ1) is 7.81. The first kappa shape index (κ1) is 10.8. The summed E-state index contributed by atoms with van der Waals surface area (Å²) in [4.78, 5) is 1.39. The highest BCUT2D eigenvalue weighted by molar-refractivity contribution is 5.41. The van der Waals surface area contributed by atoms with Crippen LogP contribution in [0, 0.1) is 11.5 Å². The van der Waals surface area contributed by atoms with Gasteiger partial charge in [0, 0.05) is 26.2 Å². The minimum Gasteiger partial charge on any atom is -0.381 e. The zero-order valence-electron chi connectivity index (χ0n) is 9.26. The second kappa shape index (κ2) is 4.90. The number of rotatable bonds is 2. The van der Waals surface area contributed by atoms with Crippen LogP contribution in [0.2, 0.25) is 0 Å². The number of hydrogen-bond donors (Lipinski definition) is 0. The molecule has 0 amide bonds. The molecule has 16 heavy (non-hydrogen) atoms. The van der Waals surface area contributed by atoms with Crippen molar-refractivity contribution in [2.75, 3.05) is 25.2 Å². The second-order valence-electron chi connectivity index (χ2n) is 3.86. The Labute approximate surface area is 94.7 Å². The lowest BCUT2D eigenvalue weighted by Gasteiger charge is -2.21. The summed E-state index contributed by atoms with van der Waals surface area (Å²) in [5.74, 6) is 1.03. The van der Waals surface area contributed by atoms with Crippen molar-refractivity contribution < 1.29 is 4.74 Å². The molecule has 0 radical (unpaired) electrons. The zero-order valence-corrected chi connectivity index (χ0v) is 9.26. The van der Waals surface area contributed by atoms with Gasteiger partial charge in [-0.15, -0.1) is 5.10 Å². The van der Waals surface area contributed by atoms with Crippen LogP contribution >= 0.6 is 0 Å². The normalized spacial score (nSPS) is 16.8. The van der Waals surface area contributed by atoms with Crippen molar-refractivity contribution in [3.05, 3.63) is 17.8 Å². The van der Waals surface area contributed by atoms with Gasteiger partial charge in [0.25, 0.3) is 0 Å². The van der Waals surface area contributed by atoms with E-state index in [1.54, 1.807) is 7.05 Å². The van der Waals surface area contributed by atoms with Crippen LogP contribution < -0.4 is 4.90 Å². The van der Waals surface area contributed by atoms with Crippen molar-refractivity contribution in [3.63, 3.8) is 0 Å². The van der Waals surface area contributed by atoms with Gasteiger partial charge in [-0.1, -0.05) is 0 Å². The standard InChI is InChI=1S/C11H14N4O/c1-15(8-12)11-3-2-10(13-14-11)9-4-6-16-7-5-9/h2-3,9H,4-7H2,1H3. The first-order valence-electron chi connectivity index (χ1n) is 5.36. The summed E-state index contributed by atoms with van der Waals surface area (Å²) in [6.07, 6.45) is 4.00. The van der Waals surface area contributed by atoms with Gasteiger partial charge in [-0.25, -0.2) is 0 Å². The summed E-state index contributed by atoms with van der Waals surface area (Å²) in [6.45, 7) is 1.60. The summed E-state index contributed by atoms with van der Waals surface area (Å²) in [6, 6.07) is 3.78. The summed E-state index contributed by atoms with van der Waals surface area (Å²) in [5, 5.41) is 16.9. The molecular formula is C11H14N4O. The zero-order chi connectivity index (χ0) is 11.4. The van der Waals surface area contributed by atoms with Crippen molar-refractivity contribution >= 4 is 5.82 Å². The third-order valence-corrected chi connectivity index (χ3v) is 2.80. The average molecular weight is 218 g/mol. The summed E-state index contributed by atoms with van der Waals surface area (Å²) < 4.78 is 5.30. The van der Waals surface area contributed by atoms with Gasteiger partial charge in [-0.3, -0.25) is 4.90 Å². The number of anilines is 1. The summed E-state index contributed by atoms with van der Waals surface area (Å²) in [7, 11) is 1.66. The molecule has 0 aromatic carbocycles. The van der Waals surface area contributed by atoms with Gasteiger partial charge in [-0.05, 0) is 25.0 Å². The number of nitrogens with zero attached hydrogens (tertiary/aromatic N) is 4. The Kier molecular flexibility index (Phi) is 3.32. The van der Waals surface area contributed by atoms with Crippen LogP contribution in [-0.2, 0) is 4.74 Å². The van der Waals surface area contributed by atoms with E-state index < -0.39 is 0 Å². The fourth-order valence-electron chi connectivity index (χ4n) is 1.78. The lowest BCUT2D eigenvalue weighted by molar-refractivity contribution is 0.0843. The molecule has 0 bridgehead atoms. The molecule has 0 spiro atoms. The van der Waals surface area contributed by atoms with Crippen LogP contribution in [0.3, 0.4) is 0 Å². The SMILES string of the molecule is CN(C#N)c1ccc(C2CCOCC2)nn1. The van der Waals surface area contributed by atoms with E-state index in [0.29, 0.717) is 11.7 Å².